The predicted octanol–water partition coefficient (Wildman–Crippen LogP) is 5.12. The Labute approximate surface area is 294 Å². The Bertz CT molecular complexity index is 2110. The number of fused-ring (bicyclic) bond motifs is 2. The number of anilines is 3. The van der Waals surface area contributed by atoms with Crippen molar-refractivity contribution < 1.29 is 28.1 Å². The lowest BCUT2D eigenvalue weighted by Gasteiger charge is -2.46. The van der Waals surface area contributed by atoms with Gasteiger partial charge in [0, 0.05) is 61.5 Å². The molecule has 5 heterocycles. The van der Waals surface area contributed by atoms with Gasteiger partial charge in [0.15, 0.2) is 11.5 Å². The molecule has 14 nitrogen and oxygen atoms in total. The van der Waals surface area contributed by atoms with E-state index in [1.54, 1.807) is 48.2 Å². The standard InChI is InChI=1S/C36H40FN9O5/c1-22-12-28(32(49-5)16-30(22)51-24-6-7-46-33(13-24)39-21-41-46)42-34-25-14-29(31(48-4)15-27(25)38-20-40-34)43-35(47)26(37)17-36(2,3)45-10-8-44(9-11-45)23-18-50-19-23/h6-7,12-17,20-21,23H,8-11,18-19H2,1-5H3,(H,43,47)(H,38,40,42)/b26-17+. The molecule has 3 aromatic heterocycles. The third-order valence-corrected chi connectivity index (χ3v) is 9.40. The number of carbonyl (C=O) groups excluding carboxylic acids is 1. The number of aryl methyl sites for hydroxylation is 1. The average Bonchev–Trinajstić information content (AvgIpc) is 3.57. The summed E-state index contributed by atoms with van der Waals surface area (Å²) in [6.07, 6.45) is 6.05. The van der Waals surface area contributed by atoms with E-state index in [1.165, 1.54) is 25.8 Å². The van der Waals surface area contributed by atoms with Crippen LogP contribution in [0.5, 0.6) is 23.0 Å². The maximum absolute atomic E-state index is 15.5. The Hall–Kier alpha value is -5.38. The minimum absolute atomic E-state index is 0.266. The largest absolute Gasteiger partial charge is 0.494 e. The van der Waals surface area contributed by atoms with Crippen molar-refractivity contribution in [3.05, 3.63) is 72.7 Å². The Morgan fingerprint density at radius 3 is 2.45 bits per heavy atom. The van der Waals surface area contributed by atoms with Crippen LogP contribution in [0.2, 0.25) is 0 Å². The van der Waals surface area contributed by atoms with E-state index in [4.69, 9.17) is 18.9 Å². The number of carbonyl (C=O) groups is 1. The molecule has 15 heteroatoms. The average molecular weight is 698 g/mol. The number of benzene rings is 2. The SMILES string of the molecule is COc1cc2ncnc(Nc3cc(C)c(Oc4ccn5ncnc5c4)cc3OC)c2cc1NC(=O)/C(F)=C\C(C)(C)N1CCN(C2COC2)CC1. The summed E-state index contributed by atoms with van der Waals surface area (Å²) in [7, 11) is 3.04. The highest BCUT2D eigenvalue weighted by Gasteiger charge is 2.34. The molecule has 0 bridgehead atoms. The van der Waals surface area contributed by atoms with Gasteiger partial charge in [-0.2, -0.15) is 5.10 Å². The summed E-state index contributed by atoms with van der Waals surface area (Å²) < 4.78 is 40.0. The van der Waals surface area contributed by atoms with E-state index in [-0.39, 0.29) is 5.69 Å². The molecule has 1 amide bonds. The summed E-state index contributed by atoms with van der Waals surface area (Å²) in [5.41, 5.74) is 2.24. The van der Waals surface area contributed by atoms with E-state index in [1.807, 2.05) is 26.8 Å². The highest BCUT2D eigenvalue weighted by Crippen LogP contribution is 2.39. The van der Waals surface area contributed by atoms with Gasteiger partial charge in [-0.1, -0.05) is 0 Å². The predicted molar refractivity (Wildman–Crippen MR) is 190 cm³/mol. The van der Waals surface area contributed by atoms with Crippen molar-refractivity contribution in [1.82, 2.24) is 34.4 Å². The van der Waals surface area contributed by atoms with Crippen LogP contribution >= 0.6 is 0 Å². The lowest BCUT2D eigenvalue weighted by molar-refractivity contribution is -0.114. The molecule has 51 heavy (non-hydrogen) atoms. The van der Waals surface area contributed by atoms with Gasteiger partial charge in [-0.05, 0) is 50.6 Å². The van der Waals surface area contributed by atoms with Crippen molar-refractivity contribution in [2.24, 2.45) is 0 Å². The van der Waals surface area contributed by atoms with Gasteiger partial charge in [0.25, 0.3) is 5.91 Å². The van der Waals surface area contributed by atoms with E-state index >= 15 is 4.39 Å². The quantitative estimate of drug-likeness (QED) is 0.177. The van der Waals surface area contributed by atoms with Crippen molar-refractivity contribution in [3.8, 4) is 23.0 Å². The summed E-state index contributed by atoms with van der Waals surface area (Å²) in [5.74, 6) is 0.680. The Morgan fingerprint density at radius 1 is 0.961 bits per heavy atom. The maximum atomic E-state index is 15.5. The molecule has 2 N–H and O–H groups in total. The van der Waals surface area contributed by atoms with Crippen molar-refractivity contribution in [2.75, 3.05) is 64.2 Å². The van der Waals surface area contributed by atoms with E-state index < -0.39 is 17.3 Å². The topological polar surface area (TPSA) is 141 Å². The second-order valence-electron chi connectivity index (χ2n) is 13.1. The van der Waals surface area contributed by atoms with Gasteiger partial charge in [0.05, 0.1) is 50.4 Å². The number of hydrogen-bond donors (Lipinski definition) is 2. The number of aromatic nitrogens is 5. The van der Waals surface area contributed by atoms with Crippen LogP contribution in [-0.4, -0.2) is 105 Å². The van der Waals surface area contributed by atoms with Gasteiger partial charge in [-0.3, -0.25) is 14.6 Å². The number of pyridine rings is 1. The lowest BCUT2D eigenvalue weighted by Crippen LogP contribution is -2.59. The molecule has 0 radical (unpaired) electrons. The highest BCUT2D eigenvalue weighted by molar-refractivity contribution is 6.05. The highest BCUT2D eigenvalue weighted by atomic mass is 19.1. The maximum Gasteiger partial charge on any atom is 0.284 e. The number of nitrogens with zero attached hydrogens (tertiary/aromatic N) is 7. The number of amides is 1. The van der Waals surface area contributed by atoms with Crippen molar-refractivity contribution >= 4 is 39.6 Å². The summed E-state index contributed by atoms with van der Waals surface area (Å²) in [4.78, 5) is 30.9. The first-order valence-corrected chi connectivity index (χ1v) is 16.6. The molecule has 5 aromatic rings. The second-order valence-corrected chi connectivity index (χ2v) is 13.1. The van der Waals surface area contributed by atoms with Gasteiger partial charge < -0.3 is 29.6 Å². The fourth-order valence-corrected chi connectivity index (χ4v) is 6.36. The minimum Gasteiger partial charge on any atom is -0.494 e. The normalized spacial score (nSPS) is 16.2. The van der Waals surface area contributed by atoms with Crippen LogP contribution in [0.4, 0.5) is 21.6 Å². The van der Waals surface area contributed by atoms with Crippen LogP contribution in [-0.2, 0) is 9.53 Å². The Balaban J connectivity index is 1.10. The smallest absolute Gasteiger partial charge is 0.284 e. The molecule has 0 atom stereocenters. The number of rotatable bonds is 11. The van der Waals surface area contributed by atoms with Crippen LogP contribution in [0.3, 0.4) is 0 Å². The summed E-state index contributed by atoms with van der Waals surface area (Å²) in [6, 6.07) is 11.0. The third kappa shape index (κ3) is 7.13. The molecular weight excluding hydrogens is 657 g/mol. The summed E-state index contributed by atoms with van der Waals surface area (Å²) in [5, 5.41) is 10.7. The molecule has 0 saturated carbocycles. The fourth-order valence-electron chi connectivity index (χ4n) is 6.36. The molecule has 0 aliphatic carbocycles. The number of piperazine rings is 1. The molecule has 2 saturated heterocycles. The van der Waals surface area contributed by atoms with E-state index in [0.29, 0.717) is 57.1 Å². The van der Waals surface area contributed by atoms with Crippen molar-refractivity contribution in [1.29, 1.82) is 0 Å². The molecule has 7 rings (SSSR count). The van der Waals surface area contributed by atoms with Crippen LogP contribution in [0.1, 0.15) is 19.4 Å². The van der Waals surface area contributed by atoms with Crippen LogP contribution < -0.4 is 24.8 Å². The Kier molecular flexibility index (Phi) is 9.42. The number of halogens is 1. The molecule has 2 aromatic carbocycles. The number of nitrogens with one attached hydrogen (secondary N) is 2. The zero-order valence-corrected chi connectivity index (χ0v) is 29.1. The second kappa shape index (κ2) is 14.1. The lowest BCUT2D eigenvalue weighted by atomic mass is 9.99. The van der Waals surface area contributed by atoms with E-state index in [2.05, 4.69) is 40.5 Å². The molecule has 0 unspecified atom stereocenters. The monoisotopic (exact) mass is 697 g/mol. The van der Waals surface area contributed by atoms with Crippen LogP contribution in [0.15, 0.2) is 67.2 Å². The summed E-state index contributed by atoms with van der Waals surface area (Å²) in [6.45, 7) is 10.6. The minimum atomic E-state index is -0.886. The number of methoxy groups -OCH3 is 2. The molecule has 2 aliphatic heterocycles. The van der Waals surface area contributed by atoms with Gasteiger partial charge in [0.2, 0.25) is 0 Å². The zero-order chi connectivity index (χ0) is 35.7. The number of ether oxygens (including phenoxy) is 4. The first kappa shape index (κ1) is 34.1. The van der Waals surface area contributed by atoms with Crippen molar-refractivity contribution in [3.63, 3.8) is 0 Å². The first-order valence-electron chi connectivity index (χ1n) is 16.6. The molecular formula is C36H40FN9O5. The van der Waals surface area contributed by atoms with Crippen LogP contribution in [0.25, 0.3) is 16.6 Å². The van der Waals surface area contributed by atoms with Crippen molar-refractivity contribution in [2.45, 2.75) is 32.4 Å². The number of hydrogen-bond acceptors (Lipinski definition) is 12. The third-order valence-electron chi connectivity index (χ3n) is 9.40. The molecule has 2 fully saturated rings. The van der Waals surface area contributed by atoms with Gasteiger partial charge in [-0.15, -0.1) is 0 Å². The van der Waals surface area contributed by atoms with Gasteiger partial charge in [-0.25, -0.2) is 23.9 Å². The Morgan fingerprint density at radius 2 is 1.73 bits per heavy atom. The van der Waals surface area contributed by atoms with E-state index in [0.717, 1.165) is 45.0 Å². The fraction of sp³-hybridized carbons (Fsp3) is 0.361. The molecule has 0 spiro atoms. The molecule has 2 aliphatic rings. The zero-order valence-electron chi connectivity index (χ0n) is 29.1. The van der Waals surface area contributed by atoms with Gasteiger partial charge >= 0.3 is 0 Å². The first-order chi connectivity index (χ1) is 24.6. The van der Waals surface area contributed by atoms with Crippen LogP contribution in [0, 0.1) is 6.92 Å². The van der Waals surface area contributed by atoms with E-state index in [9.17, 15) is 4.79 Å². The van der Waals surface area contributed by atoms with Gasteiger partial charge in [0.1, 0.15) is 41.5 Å². The summed E-state index contributed by atoms with van der Waals surface area (Å²) >= 11 is 0. The molecule has 266 valence electrons.